The van der Waals surface area contributed by atoms with E-state index in [2.05, 4.69) is 10.6 Å². The molecule has 0 saturated heterocycles. The molecule has 0 rings (SSSR count). The SMILES string of the molecule is CNC(=C[N+](=O)[O-])NCCCl. The van der Waals surface area contributed by atoms with Crippen LogP contribution >= 0.6 is 11.6 Å². The van der Waals surface area contributed by atoms with E-state index in [-0.39, 0.29) is 0 Å². The first-order valence-corrected chi connectivity index (χ1v) is 3.57. The van der Waals surface area contributed by atoms with E-state index in [4.69, 9.17) is 11.6 Å². The first-order chi connectivity index (χ1) is 5.20. The molecule has 5 nitrogen and oxygen atoms in total. The largest absolute Gasteiger partial charge is 0.370 e. The molecule has 0 heterocycles. The van der Waals surface area contributed by atoms with Crippen LogP contribution in [0.3, 0.4) is 0 Å². The second kappa shape index (κ2) is 5.79. The lowest BCUT2D eigenvalue weighted by atomic mass is 10.6. The fourth-order valence-corrected chi connectivity index (χ4v) is 0.580. The molecule has 0 bridgehead atoms. The van der Waals surface area contributed by atoms with Crippen LogP contribution in [0.2, 0.25) is 0 Å². The molecule has 0 saturated carbocycles. The molecular formula is C5H10ClN3O2. The Hall–Kier alpha value is -0.970. The fourth-order valence-electron chi connectivity index (χ4n) is 0.486. The van der Waals surface area contributed by atoms with Gasteiger partial charge in [-0.25, -0.2) is 0 Å². The van der Waals surface area contributed by atoms with Crippen molar-refractivity contribution in [1.29, 1.82) is 0 Å². The van der Waals surface area contributed by atoms with Gasteiger partial charge in [-0.2, -0.15) is 0 Å². The Balaban J connectivity index is 3.84. The molecule has 2 N–H and O–H groups in total. The first-order valence-electron chi connectivity index (χ1n) is 3.03. The van der Waals surface area contributed by atoms with Gasteiger partial charge in [-0.1, -0.05) is 0 Å². The lowest BCUT2D eigenvalue weighted by molar-refractivity contribution is -0.404. The standard InChI is InChI=1S/C5H10ClN3O2/c1-7-5(4-9(10)11)8-3-2-6/h4,7-8H,2-3H2,1H3. The number of hydrogen-bond donors (Lipinski definition) is 2. The Bertz CT molecular complexity index is 160. The van der Waals surface area contributed by atoms with E-state index in [0.29, 0.717) is 18.2 Å². The molecule has 6 heteroatoms. The van der Waals surface area contributed by atoms with E-state index < -0.39 is 4.92 Å². The molecular weight excluding hydrogens is 170 g/mol. The summed E-state index contributed by atoms with van der Waals surface area (Å²) in [5.74, 6) is 0.771. The molecule has 64 valence electrons. The van der Waals surface area contributed by atoms with Gasteiger partial charge in [0.05, 0.1) is 4.92 Å². The number of halogens is 1. The minimum absolute atomic E-state index is 0.357. The number of nitro groups is 1. The van der Waals surface area contributed by atoms with E-state index in [1.807, 2.05) is 0 Å². The Kier molecular flexibility index (Phi) is 5.28. The molecule has 0 radical (unpaired) electrons. The summed E-state index contributed by atoms with van der Waals surface area (Å²) in [6, 6.07) is 0. The smallest absolute Gasteiger partial charge is 0.274 e. The van der Waals surface area contributed by atoms with E-state index >= 15 is 0 Å². The van der Waals surface area contributed by atoms with Gasteiger partial charge in [-0.05, 0) is 0 Å². The van der Waals surface area contributed by atoms with Crippen molar-refractivity contribution in [2.45, 2.75) is 0 Å². The van der Waals surface area contributed by atoms with E-state index in [0.717, 1.165) is 6.20 Å². The van der Waals surface area contributed by atoms with E-state index in [1.165, 1.54) is 0 Å². The zero-order valence-corrected chi connectivity index (χ0v) is 6.89. The zero-order valence-electron chi connectivity index (χ0n) is 6.13. The van der Waals surface area contributed by atoms with Crippen molar-refractivity contribution in [2.75, 3.05) is 19.5 Å². The second-order valence-electron chi connectivity index (χ2n) is 1.69. The van der Waals surface area contributed by atoms with Gasteiger partial charge < -0.3 is 10.6 Å². The molecule has 0 aliphatic heterocycles. The summed E-state index contributed by atoms with van der Waals surface area (Å²) in [4.78, 5) is 9.41. The lowest BCUT2D eigenvalue weighted by Crippen LogP contribution is -2.25. The van der Waals surface area contributed by atoms with Crippen molar-refractivity contribution in [3.63, 3.8) is 0 Å². The average Bonchev–Trinajstić information content (AvgIpc) is 1.97. The second-order valence-corrected chi connectivity index (χ2v) is 2.07. The van der Waals surface area contributed by atoms with Crippen molar-refractivity contribution >= 4 is 11.6 Å². The van der Waals surface area contributed by atoms with Crippen LogP contribution in [0.5, 0.6) is 0 Å². The summed E-state index contributed by atoms with van der Waals surface area (Å²) >= 11 is 5.35. The van der Waals surface area contributed by atoms with Crippen molar-refractivity contribution in [3.8, 4) is 0 Å². The van der Waals surface area contributed by atoms with Gasteiger partial charge in [-0.3, -0.25) is 10.1 Å². The minimum Gasteiger partial charge on any atom is -0.370 e. The van der Waals surface area contributed by atoms with Crippen LogP contribution in [0, 0.1) is 10.1 Å². The molecule has 0 atom stereocenters. The van der Waals surface area contributed by atoms with Crippen molar-refractivity contribution in [3.05, 3.63) is 22.1 Å². The number of rotatable bonds is 5. The van der Waals surface area contributed by atoms with Crippen LogP contribution in [0.4, 0.5) is 0 Å². The van der Waals surface area contributed by atoms with Gasteiger partial charge in [0, 0.05) is 19.5 Å². The maximum absolute atomic E-state index is 9.95. The lowest BCUT2D eigenvalue weighted by Gasteiger charge is -2.04. The maximum atomic E-state index is 9.95. The highest BCUT2D eigenvalue weighted by Crippen LogP contribution is 1.82. The molecule has 0 spiro atoms. The predicted octanol–water partition coefficient (Wildman–Crippen LogP) is 0.110. The molecule has 0 fully saturated rings. The molecule has 0 aliphatic rings. The van der Waals surface area contributed by atoms with Gasteiger partial charge in [0.2, 0.25) is 0 Å². The molecule has 0 aromatic heterocycles. The molecule has 0 unspecified atom stereocenters. The first kappa shape index (κ1) is 10.0. The quantitative estimate of drug-likeness (QED) is 0.357. The zero-order chi connectivity index (χ0) is 8.69. The summed E-state index contributed by atoms with van der Waals surface area (Å²) in [7, 11) is 1.59. The molecule has 0 aromatic rings. The van der Waals surface area contributed by atoms with Crippen LogP contribution in [0.15, 0.2) is 12.0 Å². The van der Waals surface area contributed by atoms with E-state index in [1.54, 1.807) is 7.05 Å². The van der Waals surface area contributed by atoms with Gasteiger partial charge in [0.25, 0.3) is 6.20 Å². The van der Waals surface area contributed by atoms with Crippen LogP contribution in [0.1, 0.15) is 0 Å². The van der Waals surface area contributed by atoms with Gasteiger partial charge in [-0.15, -0.1) is 11.6 Å². The molecule has 0 aromatic carbocycles. The highest BCUT2D eigenvalue weighted by atomic mass is 35.5. The van der Waals surface area contributed by atoms with Crippen molar-refractivity contribution < 1.29 is 4.92 Å². The van der Waals surface area contributed by atoms with Crippen LogP contribution in [0.25, 0.3) is 0 Å². The molecule has 11 heavy (non-hydrogen) atoms. The average molecular weight is 180 g/mol. The maximum Gasteiger partial charge on any atom is 0.274 e. The molecule has 0 aliphatic carbocycles. The monoisotopic (exact) mass is 179 g/mol. The fraction of sp³-hybridized carbons (Fsp3) is 0.600. The van der Waals surface area contributed by atoms with Gasteiger partial charge in [0.15, 0.2) is 5.82 Å². The van der Waals surface area contributed by atoms with Crippen molar-refractivity contribution in [1.82, 2.24) is 10.6 Å². The Morgan fingerprint density at radius 2 is 2.45 bits per heavy atom. The summed E-state index contributed by atoms with van der Waals surface area (Å²) < 4.78 is 0. The van der Waals surface area contributed by atoms with Crippen LogP contribution in [-0.4, -0.2) is 24.4 Å². The number of alkyl halides is 1. The third-order valence-electron chi connectivity index (χ3n) is 0.914. The highest BCUT2D eigenvalue weighted by molar-refractivity contribution is 6.18. The highest BCUT2D eigenvalue weighted by Gasteiger charge is 1.96. The Morgan fingerprint density at radius 3 is 2.82 bits per heavy atom. The van der Waals surface area contributed by atoms with Crippen molar-refractivity contribution in [2.24, 2.45) is 0 Å². The summed E-state index contributed by atoms with van der Waals surface area (Å²) in [6.07, 6.45) is 0.854. The number of hydrogen-bond acceptors (Lipinski definition) is 4. The van der Waals surface area contributed by atoms with E-state index in [9.17, 15) is 10.1 Å². The topological polar surface area (TPSA) is 67.2 Å². The number of nitrogens with zero attached hydrogens (tertiary/aromatic N) is 1. The summed E-state index contributed by atoms with van der Waals surface area (Å²) in [6.45, 7) is 0.502. The van der Waals surface area contributed by atoms with Crippen LogP contribution in [-0.2, 0) is 0 Å². The minimum atomic E-state index is -0.535. The molecule has 0 amide bonds. The third-order valence-corrected chi connectivity index (χ3v) is 1.10. The Morgan fingerprint density at radius 1 is 1.82 bits per heavy atom. The third kappa shape index (κ3) is 5.47. The van der Waals surface area contributed by atoms with Crippen LogP contribution < -0.4 is 10.6 Å². The normalized spacial score (nSPS) is 10.9. The van der Waals surface area contributed by atoms with Gasteiger partial charge >= 0.3 is 0 Å². The number of nitrogens with one attached hydrogen (secondary N) is 2. The summed E-state index contributed by atoms with van der Waals surface area (Å²) in [5.41, 5.74) is 0. The summed E-state index contributed by atoms with van der Waals surface area (Å²) in [5, 5.41) is 15.3. The predicted molar refractivity (Wildman–Crippen MR) is 42.9 cm³/mol. The van der Waals surface area contributed by atoms with Gasteiger partial charge in [0.1, 0.15) is 0 Å². The Labute approximate surface area is 69.6 Å².